The van der Waals surface area contributed by atoms with Gasteiger partial charge in [-0.1, -0.05) is 27.7 Å². The Morgan fingerprint density at radius 1 is 1.41 bits per heavy atom. The molecule has 1 fully saturated rings. The summed E-state index contributed by atoms with van der Waals surface area (Å²) in [4.78, 5) is 18.6. The van der Waals surface area contributed by atoms with Gasteiger partial charge in [0.2, 0.25) is 5.91 Å². The first-order valence-corrected chi connectivity index (χ1v) is 9.24. The average Bonchev–Trinajstić information content (AvgIpc) is 2.97. The van der Waals surface area contributed by atoms with Crippen molar-refractivity contribution in [2.24, 2.45) is 5.92 Å². The van der Waals surface area contributed by atoms with Crippen LogP contribution in [0.5, 0.6) is 0 Å². The van der Waals surface area contributed by atoms with E-state index >= 15 is 0 Å². The van der Waals surface area contributed by atoms with E-state index in [0.717, 1.165) is 31.7 Å². The van der Waals surface area contributed by atoms with Gasteiger partial charge in [-0.05, 0) is 24.5 Å². The average molecular weight is 324 g/mol. The van der Waals surface area contributed by atoms with Crippen molar-refractivity contribution in [2.45, 2.75) is 57.7 Å². The number of hydrogen-bond donors (Lipinski definition) is 0. The normalized spacial score (nSPS) is 22.8. The molecule has 2 rings (SSSR count). The molecule has 0 radical (unpaired) electrons. The van der Waals surface area contributed by atoms with E-state index in [9.17, 15) is 4.79 Å². The molecule has 1 aliphatic rings. The Hall–Kier alpha value is -0.970. The Labute approximate surface area is 138 Å². The summed E-state index contributed by atoms with van der Waals surface area (Å²) < 4.78 is 2.44. The molecule has 0 spiro atoms. The van der Waals surface area contributed by atoms with E-state index in [4.69, 9.17) is 0 Å². The molecular weight excluding hydrogens is 294 g/mol. The minimum atomic E-state index is 0.288. The van der Waals surface area contributed by atoms with Gasteiger partial charge in [-0.3, -0.25) is 4.79 Å². The molecule has 2 atom stereocenters. The first-order valence-electron chi connectivity index (χ1n) is 8.26. The number of thioether (sulfide) groups is 1. The molecule has 4 nitrogen and oxygen atoms in total. The van der Waals surface area contributed by atoms with E-state index in [2.05, 4.69) is 37.2 Å². The highest BCUT2D eigenvalue weighted by molar-refractivity contribution is 8.00. The summed E-state index contributed by atoms with van der Waals surface area (Å²) in [5, 5.41) is 0. The summed E-state index contributed by atoms with van der Waals surface area (Å²) in [6.07, 6.45) is 8.42. The van der Waals surface area contributed by atoms with Crippen molar-refractivity contribution in [2.75, 3.05) is 18.8 Å². The lowest BCUT2D eigenvalue weighted by atomic mass is 9.93. The highest BCUT2D eigenvalue weighted by atomic mass is 32.2. The number of aromatic nitrogens is 2. The fourth-order valence-electron chi connectivity index (χ4n) is 2.89. The predicted octanol–water partition coefficient (Wildman–Crippen LogP) is 3.60. The molecule has 1 aliphatic heterocycles. The number of carbonyl (C=O) groups excluding carboxylic acids is 1. The summed E-state index contributed by atoms with van der Waals surface area (Å²) >= 11 is 1.94. The maximum atomic E-state index is 12.4. The minimum absolute atomic E-state index is 0.288. The molecule has 0 unspecified atom stereocenters. The topological polar surface area (TPSA) is 38.1 Å². The maximum absolute atomic E-state index is 12.4. The molecule has 2 heterocycles. The number of piperidine rings is 1. The van der Waals surface area contributed by atoms with Gasteiger partial charge in [-0.25, -0.2) is 4.98 Å². The number of imidazole rings is 1. The zero-order chi connectivity index (χ0) is 16.2. The Kier molecular flexibility index (Phi) is 5.95. The molecule has 1 saturated heterocycles. The third kappa shape index (κ3) is 5.04. The number of carbonyl (C=O) groups is 1. The van der Waals surface area contributed by atoms with Gasteiger partial charge in [-0.2, -0.15) is 11.8 Å². The first-order chi connectivity index (χ1) is 10.4. The summed E-state index contributed by atoms with van der Waals surface area (Å²) in [7, 11) is 0. The van der Waals surface area contributed by atoms with Gasteiger partial charge in [-0.15, -0.1) is 0 Å². The molecule has 0 aliphatic carbocycles. The number of hydrogen-bond acceptors (Lipinski definition) is 3. The summed E-state index contributed by atoms with van der Waals surface area (Å²) in [5.41, 5.74) is 0. The van der Waals surface area contributed by atoms with Crippen LogP contribution in [-0.4, -0.2) is 43.9 Å². The lowest BCUT2D eigenvalue weighted by molar-refractivity contribution is -0.133. The van der Waals surface area contributed by atoms with Crippen LogP contribution in [-0.2, 0) is 4.79 Å². The van der Waals surface area contributed by atoms with Gasteiger partial charge in [0.1, 0.15) is 0 Å². The van der Waals surface area contributed by atoms with Crippen LogP contribution >= 0.6 is 11.8 Å². The standard InChI is InChI=1S/C17H29N3OS/c1-14-7-9-19(12-15(14)20-10-8-18-13-20)16(21)6-5-11-22-17(2,3)4/h8,10,13-15H,5-7,9,11-12H2,1-4H3/t14-,15+/m0/s1. The highest BCUT2D eigenvalue weighted by Gasteiger charge is 2.29. The second-order valence-electron chi connectivity index (χ2n) is 7.25. The smallest absolute Gasteiger partial charge is 0.222 e. The predicted molar refractivity (Wildman–Crippen MR) is 93.1 cm³/mol. The second kappa shape index (κ2) is 7.53. The summed E-state index contributed by atoms with van der Waals surface area (Å²) in [6.45, 7) is 10.7. The van der Waals surface area contributed by atoms with E-state index in [1.165, 1.54) is 0 Å². The molecule has 0 N–H and O–H groups in total. The van der Waals surface area contributed by atoms with Crippen LogP contribution in [0.1, 0.15) is 53.0 Å². The van der Waals surface area contributed by atoms with Crippen molar-refractivity contribution < 1.29 is 4.79 Å². The van der Waals surface area contributed by atoms with Crippen LogP contribution in [0.3, 0.4) is 0 Å². The molecule has 0 saturated carbocycles. The van der Waals surface area contributed by atoms with Gasteiger partial charge >= 0.3 is 0 Å². The summed E-state index contributed by atoms with van der Waals surface area (Å²) in [5.74, 6) is 1.96. The van der Waals surface area contributed by atoms with Crippen molar-refractivity contribution in [3.63, 3.8) is 0 Å². The van der Waals surface area contributed by atoms with Crippen molar-refractivity contribution in [1.29, 1.82) is 0 Å². The molecule has 22 heavy (non-hydrogen) atoms. The lowest BCUT2D eigenvalue weighted by Crippen LogP contribution is -2.43. The molecule has 1 aromatic heterocycles. The Morgan fingerprint density at radius 2 is 2.18 bits per heavy atom. The zero-order valence-corrected chi connectivity index (χ0v) is 15.1. The van der Waals surface area contributed by atoms with Gasteiger partial charge in [0.15, 0.2) is 0 Å². The van der Waals surface area contributed by atoms with E-state index < -0.39 is 0 Å². The van der Waals surface area contributed by atoms with Crippen LogP contribution in [0.25, 0.3) is 0 Å². The molecule has 5 heteroatoms. The van der Waals surface area contributed by atoms with E-state index in [1.54, 1.807) is 0 Å². The van der Waals surface area contributed by atoms with Gasteiger partial charge in [0.05, 0.1) is 12.4 Å². The van der Waals surface area contributed by atoms with Gasteiger partial charge < -0.3 is 9.47 Å². The lowest BCUT2D eigenvalue weighted by Gasteiger charge is -2.37. The summed E-state index contributed by atoms with van der Waals surface area (Å²) in [6, 6.07) is 0.365. The van der Waals surface area contributed by atoms with E-state index in [-0.39, 0.29) is 4.75 Å². The molecule has 1 amide bonds. The minimum Gasteiger partial charge on any atom is -0.341 e. The van der Waals surface area contributed by atoms with Crippen LogP contribution in [0.4, 0.5) is 0 Å². The fraction of sp³-hybridized carbons (Fsp3) is 0.765. The van der Waals surface area contributed by atoms with Gasteiger partial charge in [0.25, 0.3) is 0 Å². The van der Waals surface area contributed by atoms with Gasteiger partial charge in [0, 0.05) is 36.7 Å². The largest absolute Gasteiger partial charge is 0.341 e. The molecule has 0 bridgehead atoms. The SMILES string of the molecule is C[C@H]1CCN(C(=O)CCCSC(C)(C)C)C[C@H]1n1ccnc1. The van der Waals surface area contributed by atoms with Crippen LogP contribution in [0.15, 0.2) is 18.7 Å². The third-order valence-electron chi connectivity index (χ3n) is 4.25. The number of rotatable bonds is 5. The maximum Gasteiger partial charge on any atom is 0.222 e. The molecular formula is C17H29N3OS. The molecule has 0 aromatic carbocycles. The number of amides is 1. The van der Waals surface area contributed by atoms with Crippen molar-refractivity contribution >= 4 is 17.7 Å². The van der Waals surface area contributed by atoms with Crippen LogP contribution < -0.4 is 0 Å². The Bertz CT molecular complexity index is 467. The number of likely N-dealkylation sites (tertiary alicyclic amines) is 1. The number of nitrogens with zero attached hydrogens (tertiary/aromatic N) is 3. The highest BCUT2D eigenvalue weighted by Crippen LogP contribution is 2.28. The first kappa shape index (κ1) is 17.4. The third-order valence-corrected chi connectivity index (χ3v) is 5.61. The zero-order valence-electron chi connectivity index (χ0n) is 14.3. The van der Waals surface area contributed by atoms with Crippen LogP contribution in [0.2, 0.25) is 0 Å². The monoisotopic (exact) mass is 323 g/mol. The molecule has 1 aromatic rings. The van der Waals surface area contributed by atoms with Crippen LogP contribution in [0, 0.1) is 5.92 Å². The van der Waals surface area contributed by atoms with E-state index in [0.29, 0.717) is 24.3 Å². The second-order valence-corrected chi connectivity index (χ2v) is 9.17. The van der Waals surface area contributed by atoms with Crippen molar-refractivity contribution in [3.05, 3.63) is 18.7 Å². The Balaban J connectivity index is 1.80. The van der Waals surface area contributed by atoms with Crippen molar-refractivity contribution in [1.82, 2.24) is 14.5 Å². The fourth-order valence-corrected chi connectivity index (χ4v) is 3.79. The Morgan fingerprint density at radius 3 is 2.82 bits per heavy atom. The quantitative estimate of drug-likeness (QED) is 0.777. The van der Waals surface area contributed by atoms with Crippen molar-refractivity contribution in [3.8, 4) is 0 Å². The molecule has 124 valence electrons. The van der Waals surface area contributed by atoms with E-state index in [1.807, 2.05) is 35.4 Å².